The Morgan fingerprint density at radius 1 is 1.09 bits per heavy atom. The summed E-state index contributed by atoms with van der Waals surface area (Å²) < 4.78 is 36.4. The van der Waals surface area contributed by atoms with Crippen molar-refractivity contribution in [2.45, 2.75) is 16.1 Å². The number of hydrogen-bond acceptors (Lipinski definition) is 4. The summed E-state index contributed by atoms with van der Waals surface area (Å²) in [7, 11) is 0. The lowest BCUT2D eigenvalue weighted by atomic mass is 10.1. The first kappa shape index (κ1) is 26.7. The Hall–Kier alpha value is -2.60. The Kier molecular flexibility index (Phi) is 8.89. The molecule has 2 rings (SSSR count). The second-order valence-electron chi connectivity index (χ2n) is 6.31. The minimum atomic E-state index is -4.78. The normalized spacial score (nSPS) is 12.8. The lowest BCUT2D eigenvalue weighted by Crippen LogP contribution is -2.55. The molecule has 0 saturated heterocycles. The van der Waals surface area contributed by atoms with Crippen molar-refractivity contribution in [3.05, 3.63) is 75.8 Å². The minimum Gasteiger partial charge on any atom is -0.339 e. The second-order valence-corrected chi connectivity index (χ2v) is 9.09. The van der Waals surface area contributed by atoms with E-state index in [0.29, 0.717) is 12.1 Å². The van der Waals surface area contributed by atoms with Crippen LogP contribution in [0.2, 0.25) is 0 Å². The zero-order valence-electron chi connectivity index (χ0n) is 16.2. The smallest absolute Gasteiger partial charge is 0.339 e. The molecule has 3 N–H and O–H groups in total. The number of anilines is 1. The Labute approximate surface area is 206 Å². The maximum atomic E-state index is 12.9. The number of nitro groups is 1. The van der Waals surface area contributed by atoms with Crippen LogP contribution in [-0.4, -0.2) is 25.9 Å². The summed E-state index contributed by atoms with van der Waals surface area (Å²) in [4.78, 5) is 22.4. The molecule has 0 spiro atoms. The Morgan fingerprint density at radius 2 is 1.73 bits per heavy atom. The topological polar surface area (TPSA) is 96.3 Å². The molecule has 1 unspecified atom stereocenters. The fourth-order valence-electron chi connectivity index (χ4n) is 2.38. The third kappa shape index (κ3) is 8.35. The molecule has 1 atom stereocenters. The maximum Gasteiger partial charge on any atom is 0.416 e. The molecule has 2 aromatic carbocycles. The zero-order valence-corrected chi connectivity index (χ0v) is 19.3. The standard InChI is InChI=1S/C19H14Cl3F3N4O3S/c20-18(21,22)16(27-15(30)9-6-11-4-2-1-3-5-11)28-17(33)26-13-8-7-12(19(23,24)25)10-14(13)29(31)32/h1-10,16H,(H,27,30)(H2,26,28,33)/b9-6+. The number of amides is 1. The first-order valence-corrected chi connectivity index (χ1v) is 10.3. The van der Waals surface area contributed by atoms with Crippen LogP contribution in [0.3, 0.4) is 0 Å². The highest BCUT2D eigenvalue weighted by molar-refractivity contribution is 7.80. The van der Waals surface area contributed by atoms with Gasteiger partial charge in [0.25, 0.3) is 5.69 Å². The summed E-state index contributed by atoms with van der Waals surface area (Å²) in [5.41, 5.74) is -1.70. The first-order valence-electron chi connectivity index (χ1n) is 8.81. The lowest BCUT2D eigenvalue weighted by Gasteiger charge is -2.27. The van der Waals surface area contributed by atoms with Gasteiger partial charge in [-0.1, -0.05) is 65.1 Å². The highest BCUT2D eigenvalue weighted by Gasteiger charge is 2.35. The number of thiocarbonyl (C=S) groups is 1. The van der Waals surface area contributed by atoms with Crippen LogP contribution in [0.15, 0.2) is 54.6 Å². The molecule has 7 nitrogen and oxygen atoms in total. The number of nitro benzene ring substituents is 1. The molecule has 176 valence electrons. The Bertz CT molecular complexity index is 1060. The van der Waals surface area contributed by atoms with Crippen molar-refractivity contribution in [2.75, 3.05) is 5.32 Å². The van der Waals surface area contributed by atoms with Gasteiger partial charge < -0.3 is 16.0 Å². The zero-order chi connectivity index (χ0) is 24.8. The van der Waals surface area contributed by atoms with Gasteiger partial charge >= 0.3 is 6.18 Å². The van der Waals surface area contributed by atoms with Gasteiger partial charge in [-0.25, -0.2) is 0 Å². The van der Waals surface area contributed by atoms with Crippen molar-refractivity contribution in [1.82, 2.24) is 10.6 Å². The van der Waals surface area contributed by atoms with Gasteiger partial charge in [-0.3, -0.25) is 14.9 Å². The SMILES string of the molecule is O=C(/C=C/c1ccccc1)NC(NC(=S)Nc1ccc(C(F)(F)F)cc1[N+](=O)[O-])C(Cl)(Cl)Cl. The second kappa shape index (κ2) is 11.0. The largest absolute Gasteiger partial charge is 0.416 e. The van der Waals surface area contributed by atoms with Crippen LogP contribution < -0.4 is 16.0 Å². The average molecular weight is 542 g/mol. The first-order chi connectivity index (χ1) is 15.3. The van der Waals surface area contributed by atoms with E-state index in [-0.39, 0.29) is 10.8 Å². The van der Waals surface area contributed by atoms with Crippen LogP contribution in [0, 0.1) is 10.1 Å². The number of nitrogens with zero attached hydrogens (tertiary/aromatic N) is 1. The van der Waals surface area contributed by atoms with Crippen molar-refractivity contribution in [1.29, 1.82) is 0 Å². The van der Waals surface area contributed by atoms with Crippen LogP contribution in [0.5, 0.6) is 0 Å². The third-order valence-corrected chi connectivity index (χ3v) is 4.76. The van der Waals surface area contributed by atoms with Crippen LogP contribution in [-0.2, 0) is 11.0 Å². The van der Waals surface area contributed by atoms with E-state index in [1.165, 1.54) is 12.2 Å². The van der Waals surface area contributed by atoms with Crippen molar-refractivity contribution in [3.8, 4) is 0 Å². The van der Waals surface area contributed by atoms with E-state index >= 15 is 0 Å². The van der Waals surface area contributed by atoms with Crippen LogP contribution >= 0.6 is 47.0 Å². The van der Waals surface area contributed by atoms with E-state index in [4.69, 9.17) is 47.0 Å². The van der Waals surface area contributed by atoms with E-state index in [9.17, 15) is 28.1 Å². The van der Waals surface area contributed by atoms with Gasteiger partial charge in [0.2, 0.25) is 9.70 Å². The number of carbonyl (C=O) groups is 1. The summed E-state index contributed by atoms with van der Waals surface area (Å²) >= 11 is 22.6. The molecule has 0 saturated carbocycles. The highest BCUT2D eigenvalue weighted by atomic mass is 35.6. The molecule has 2 aromatic rings. The maximum absolute atomic E-state index is 12.9. The molecule has 0 aromatic heterocycles. The molecule has 0 fully saturated rings. The molecule has 0 bridgehead atoms. The predicted octanol–water partition coefficient (Wildman–Crippen LogP) is 5.43. The number of alkyl halides is 6. The summed E-state index contributed by atoms with van der Waals surface area (Å²) in [6.45, 7) is 0. The van der Waals surface area contributed by atoms with Gasteiger partial charge in [0.1, 0.15) is 11.9 Å². The summed E-state index contributed by atoms with van der Waals surface area (Å²) in [6, 6.07) is 10.7. The fraction of sp³-hybridized carbons (Fsp3) is 0.158. The molecule has 0 heterocycles. The number of rotatable bonds is 6. The summed E-state index contributed by atoms with van der Waals surface area (Å²) in [5.74, 6) is -0.661. The van der Waals surface area contributed by atoms with Crippen LogP contribution in [0.4, 0.5) is 24.5 Å². The van der Waals surface area contributed by atoms with Crippen molar-refractivity contribution in [2.24, 2.45) is 0 Å². The van der Waals surface area contributed by atoms with Gasteiger partial charge in [-0.2, -0.15) is 13.2 Å². The van der Waals surface area contributed by atoms with Crippen molar-refractivity contribution >= 4 is 75.5 Å². The number of carbonyl (C=O) groups excluding carboxylic acids is 1. The monoisotopic (exact) mass is 540 g/mol. The van der Waals surface area contributed by atoms with Crippen LogP contribution in [0.25, 0.3) is 6.08 Å². The number of nitrogens with one attached hydrogen (secondary N) is 3. The molecule has 0 aliphatic carbocycles. The minimum absolute atomic E-state index is 0.344. The third-order valence-electron chi connectivity index (χ3n) is 3.89. The van der Waals surface area contributed by atoms with Gasteiger partial charge in [0.05, 0.1) is 10.5 Å². The number of halogens is 6. The average Bonchev–Trinajstić information content (AvgIpc) is 2.71. The van der Waals surface area contributed by atoms with Crippen molar-refractivity contribution < 1.29 is 22.9 Å². The number of hydrogen-bond donors (Lipinski definition) is 3. The van der Waals surface area contributed by atoms with Gasteiger partial charge in [0.15, 0.2) is 5.11 Å². The van der Waals surface area contributed by atoms with Gasteiger partial charge in [0, 0.05) is 12.1 Å². The highest BCUT2D eigenvalue weighted by Crippen LogP contribution is 2.35. The molecule has 0 radical (unpaired) electrons. The fourth-order valence-corrected chi connectivity index (χ4v) is 2.94. The summed E-state index contributed by atoms with van der Waals surface area (Å²) in [6.07, 6.45) is -3.49. The lowest BCUT2D eigenvalue weighted by molar-refractivity contribution is -0.384. The Balaban J connectivity index is 2.14. The van der Waals surface area contributed by atoms with Gasteiger partial charge in [-0.15, -0.1) is 0 Å². The van der Waals surface area contributed by atoms with E-state index in [0.717, 1.165) is 11.6 Å². The van der Waals surface area contributed by atoms with E-state index < -0.39 is 38.2 Å². The molecular weight excluding hydrogens is 528 g/mol. The molecule has 0 aliphatic rings. The Morgan fingerprint density at radius 3 is 2.27 bits per heavy atom. The van der Waals surface area contributed by atoms with Crippen LogP contribution in [0.1, 0.15) is 11.1 Å². The molecule has 1 amide bonds. The molecular formula is C19H14Cl3F3N4O3S. The van der Waals surface area contributed by atoms with Gasteiger partial charge in [-0.05, 0) is 36.0 Å². The number of benzene rings is 2. The van der Waals surface area contributed by atoms with E-state index in [1.54, 1.807) is 30.3 Å². The quantitative estimate of drug-likeness (QED) is 0.113. The van der Waals surface area contributed by atoms with Crippen molar-refractivity contribution in [3.63, 3.8) is 0 Å². The summed E-state index contributed by atoms with van der Waals surface area (Å²) in [5, 5.41) is 18.0. The predicted molar refractivity (Wildman–Crippen MR) is 125 cm³/mol. The van der Waals surface area contributed by atoms with E-state index in [1.807, 2.05) is 0 Å². The molecule has 14 heteroatoms. The molecule has 0 aliphatic heterocycles. The molecule has 33 heavy (non-hydrogen) atoms. The van der Waals surface area contributed by atoms with E-state index in [2.05, 4.69) is 16.0 Å².